The predicted octanol–water partition coefficient (Wildman–Crippen LogP) is 0.540. The first-order valence-electron chi connectivity index (χ1n) is 2.35. The Labute approximate surface area is 49.7 Å². The maximum atomic E-state index is 11.6. The molecule has 0 saturated carbocycles. The molecule has 0 fully saturated rings. The first kappa shape index (κ1) is 6.25. The zero-order valence-electron chi connectivity index (χ0n) is 4.42. The first-order valence-corrected chi connectivity index (χ1v) is 2.35. The smallest absolute Gasteiger partial charge is 0.372 e. The van der Waals surface area contributed by atoms with E-state index in [1.54, 1.807) is 0 Å². The van der Waals surface area contributed by atoms with Crippen molar-refractivity contribution in [1.29, 1.82) is 0 Å². The van der Waals surface area contributed by atoms with Gasteiger partial charge in [-0.2, -0.15) is 13.2 Å². The van der Waals surface area contributed by atoms with Gasteiger partial charge in [0.15, 0.2) is 0 Å². The van der Waals surface area contributed by atoms with Crippen LogP contribution in [0.4, 0.5) is 13.2 Å². The topological polar surface area (TPSA) is 24.1 Å². The fourth-order valence-corrected chi connectivity index (χ4v) is 0.532. The van der Waals surface area contributed by atoms with Gasteiger partial charge in [0.05, 0.1) is 6.67 Å². The third-order valence-corrected chi connectivity index (χ3v) is 0.933. The second-order valence-corrected chi connectivity index (χ2v) is 1.61. The van der Waals surface area contributed by atoms with Crippen molar-refractivity contribution >= 4 is 0 Å². The maximum Gasteiger partial charge on any atom is 0.432 e. The molecule has 1 rings (SSSR count). The van der Waals surface area contributed by atoms with E-state index >= 15 is 0 Å². The third kappa shape index (κ3) is 1.28. The summed E-state index contributed by atoms with van der Waals surface area (Å²) in [7, 11) is 0. The fourth-order valence-electron chi connectivity index (χ4n) is 0.532. The van der Waals surface area contributed by atoms with Gasteiger partial charge in [-0.1, -0.05) is 0 Å². The van der Waals surface area contributed by atoms with Crippen LogP contribution in [-0.4, -0.2) is 12.8 Å². The van der Waals surface area contributed by atoms with Gasteiger partial charge in [0.25, 0.3) is 0 Å². The quantitative estimate of drug-likeness (QED) is 0.510. The monoisotopic (exact) mass is 138 g/mol. The van der Waals surface area contributed by atoms with Crippen LogP contribution < -0.4 is 10.6 Å². The van der Waals surface area contributed by atoms with Gasteiger partial charge in [0, 0.05) is 6.20 Å². The van der Waals surface area contributed by atoms with Crippen LogP contribution >= 0.6 is 0 Å². The van der Waals surface area contributed by atoms with E-state index in [1.165, 1.54) is 0 Å². The summed E-state index contributed by atoms with van der Waals surface area (Å²) < 4.78 is 34.8. The third-order valence-electron chi connectivity index (χ3n) is 0.933. The van der Waals surface area contributed by atoms with Crippen molar-refractivity contribution < 1.29 is 13.2 Å². The van der Waals surface area contributed by atoms with Gasteiger partial charge in [-0.3, -0.25) is 0 Å². The number of halogens is 3. The summed E-state index contributed by atoms with van der Waals surface area (Å²) in [5.74, 6) is 0. The summed E-state index contributed by atoms with van der Waals surface area (Å²) in [4.78, 5) is 0. The van der Waals surface area contributed by atoms with Crippen molar-refractivity contribution in [1.82, 2.24) is 10.6 Å². The molecular weight excluding hydrogens is 133 g/mol. The lowest BCUT2D eigenvalue weighted by atomic mass is 10.5. The summed E-state index contributed by atoms with van der Waals surface area (Å²) in [5, 5.41) is 4.51. The van der Waals surface area contributed by atoms with E-state index in [0.717, 1.165) is 6.20 Å². The first-order chi connectivity index (χ1) is 4.11. The van der Waals surface area contributed by atoms with Gasteiger partial charge in [0.2, 0.25) is 0 Å². The molecule has 0 saturated heterocycles. The van der Waals surface area contributed by atoms with Crippen molar-refractivity contribution in [2.45, 2.75) is 6.18 Å². The molecule has 0 spiro atoms. The highest BCUT2D eigenvalue weighted by atomic mass is 19.4. The van der Waals surface area contributed by atoms with E-state index in [4.69, 9.17) is 0 Å². The van der Waals surface area contributed by atoms with Crippen LogP contribution in [-0.2, 0) is 0 Å². The van der Waals surface area contributed by atoms with Crippen LogP contribution in [0.5, 0.6) is 0 Å². The van der Waals surface area contributed by atoms with E-state index < -0.39 is 11.9 Å². The molecule has 0 atom stereocenters. The molecule has 0 aromatic heterocycles. The highest BCUT2D eigenvalue weighted by Crippen LogP contribution is 2.23. The molecule has 9 heavy (non-hydrogen) atoms. The Morgan fingerprint density at radius 2 is 2.11 bits per heavy atom. The lowest BCUT2D eigenvalue weighted by Gasteiger charge is -2.05. The molecular formula is C4H5F3N2. The molecule has 0 unspecified atom stereocenters. The Balaban J connectivity index is 2.61. The number of hydrogen-bond donors (Lipinski definition) is 2. The normalized spacial score (nSPS) is 18.3. The molecule has 1 aliphatic rings. The second kappa shape index (κ2) is 1.82. The second-order valence-electron chi connectivity index (χ2n) is 1.61. The van der Waals surface area contributed by atoms with E-state index in [-0.39, 0.29) is 6.67 Å². The summed E-state index contributed by atoms with van der Waals surface area (Å²) in [6.07, 6.45) is -3.32. The van der Waals surface area contributed by atoms with Crippen LogP contribution in [0.3, 0.4) is 0 Å². The highest BCUT2D eigenvalue weighted by Gasteiger charge is 2.34. The van der Waals surface area contributed by atoms with Gasteiger partial charge < -0.3 is 10.6 Å². The number of allylic oxidation sites excluding steroid dienone is 1. The van der Waals surface area contributed by atoms with E-state index in [1.807, 2.05) is 0 Å². The van der Waals surface area contributed by atoms with Gasteiger partial charge in [0.1, 0.15) is 5.70 Å². The molecule has 5 heteroatoms. The molecule has 2 nitrogen and oxygen atoms in total. The molecule has 1 aliphatic heterocycles. The average Bonchev–Trinajstić information content (AvgIpc) is 2.08. The SMILES string of the molecule is FC(F)(F)C1=CNCN1. The highest BCUT2D eigenvalue weighted by molar-refractivity contribution is 5.09. The lowest BCUT2D eigenvalue weighted by molar-refractivity contribution is -0.0955. The number of hydrogen-bond acceptors (Lipinski definition) is 2. The predicted molar refractivity (Wildman–Crippen MR) is 25.3 cm³/mol. The molecule has 0 aliphatic carbocycles. The molecule has 1 heterocycles. The van der Waals surface area contributed by atoms with Crippen molar-refractivity contribution in [2.24, 2.45) is 0 Å². The van der Waals surface area contributed by atoms with E-state index in [2.05, 4.69) is 10.6 Å². The minimum absolute atomic E-state index is 0.162. The maximum absolute atomic E-state index is 11.6. The Kier molecular flexibility index (Phi) is 1.27. The number of nitrogens with one attached hydrogen (secondary N) is 2. The van der Waals surface area contributed by atoms with Crippen LogP contribution in [0.2, 0.25) is 0 Å². The molecule has 52 valence electrons. The van der Waals surface area contributed by atoms with E-state index in [0.29, 0.717) is 0 Å². The minimum atomic E-state index is -4.23. The summed E-state index contributed by atoms with van der Waals surface area (Å²) >= 11 is 0. The van der Waals surface area contributed by atoms with Gasteiger partial charge in [-0.15, -0.1) is 0 Å². The Morgan fingerprint density at radius 1 is 1.44 bits per heavy atom. The summed E-state index contributed by atoms with van der Waals surface area (Å²) in [5.41, 5.74) is -0.706. The Bertz CT molecular complexity index is 137. The zero-order valence-corrected chi connectivity index (χ0v) is 4.42. The molecule has 2 N–H and O–H groups in total. The molecule has 0 bridgehead atoms. The van der Waals surface area contributed by atoms with Crippen molar-refractivity contribution in [2.75, 3.05) is 6.67 Å². The number of rotatable bonds is 0. The molecule has 0 aromatic rings. The zero-order chi connectivity index (χ0) is 6.91. The van der Waals surface area contributed by atoms with Crippen LogP contribution in [0.25, 0.3) is 0 Å². The Hall–Kier alpha value is -0.870. The standard InChI is InChI=1S/C4H5F3N2/c5-4(6,7)3-1-8-2-9-3/h1,8-9H,2H2. The summed E-state index contributed by atoms with van der Waals surface area (Å²) in [6.45, 7) is 0.162. The molecule has 0 radical (unpaired) electrons. The van der Waals surface area contributed by atoms with Crippen molar-refractivity contribution in [3.05, 3.63) is 11.9 Å². The summed E-state index contributed by atoms with van der Waals surface area (Å²) in [6, 6.07) is 0. The van der Waals surface area contributed by atoms with Crippen molar-refractivity contribution in [3.8, 4) is 0 Å². The van der Waals surface area contributed by atoms with Gasteiger partial charge in [-0.05, 0) is 0 Å². The average molecular weight is 138 g/mol. The molecule has 0 amide bonds. The molecule has 0 aromatic carbocycles. The van der Waals surface area contributed by atoms with Crippen LogP contribution in [0.15, 0.2) is 11.9 Å². The Morgan fingerprint density at radius 3 is 2.33 bits per heavy atom. The van der Waals surface area contributed by atoms with Gasteiger partial charge >= 0.3 is 6.18 Å². The fraction of sp³-hybridized carbons (Fsp3) is 0.500. The minimum Gasteiger partial charge on any atom is -0.372 e. The number of alkyl halides is 3. The van der Waals surface area contributed by atoms with Crippen molar-refractivity contribution in [3.63, 3.8) is 0 Å². The lowest BCUT2D eigenvalue weighted by Crippen LogP contribution is -2.23. The van der Waals surface area contributed by atoms with Crippen LogP contribution in [0.1, 0.15) is 0 Å². The van der Waals surface area contributed by atoms with Gasteiger partial charge in [-0.25, -0.2) is 0 Å². The van der Waals surface area contributed by atoms with Crippen LogP contribution in [0, 0.1) is 0 Å². The van der Waals surface area contributed by atoms with E-state index in [9.17, 15) is 13.2 Å². The largest absolute Gasteiger partial charge is 0.432 e.